The van der Waals surface area contributed by atoms with Crippen LogP contribution in [0.5, 0.6) is 5.75 Å². The summed E-state index contributed by atoms with van der Waals surface area (Å²) in [6, 6.07) is 5.19. The number of aromatic nitrogens is 1. The van der Waals surface area contributed by atoms with Gasteiger partial charge in [0.25, 0.3) is 0 Å². The number of rotatable bonds is 9. The van der Waals surface area contributed by atoms with Crippen molar-refractivity contribution >= 4 is 11.7 Å². The zero-order valence-corrected chi connectivity index (χ0v) is 12.2. The van der Waals surface area contributed by atoms with E-state index in [2.05, 4.69) is 15.0 Å². The van der Waals surface area contributed by atoms with Crippen molar-refractivity contribution in [2.24, 2.45) is 0 Å². The van der Waals surface area contributed by atoms with Gasteiger partial charge in [0.2, 0.25) is 5.91 Å². The topological polar surface area (TPSA) is 84.2 Å². The Balaban J connectivity index is 2.40. The minimum absolute atomic E-state index is 0.172. The molecule has 126 valence electrons. The molecule has 0 saturated carbocycles. The van der Waals surface area contributed by atoms with Gasteiger partial charge in [0.1, 0.15) is 6.61 Å². The third-order valence-corrected chi connectivity index (χ3v) is 2.46. The second-order valence-electron chi connectivity index (χ2n) is 4.43. The van der Waals surface area contributed by atoms with Crippen LogP contribution in [0.25, 0.3) is 0 Å². The van der Waals surface area contributed by atoms with Crippen molar-refractivity contribution in [2.45, 2.75) is 25.4 Å². The van der Waals surface area contributed by atoms with Crippen LogP contribution in [0.4, 0.5) is 19.0 Å². The Labute approximate surface area is 131 Å². The highest BCUT2D eigenvalue weighted by atomic mass is 19.4. The summed E-state index contributed by atoms with van der Waals surface area (Å²) in [5, 5.41) is 10.9. The van der Waals surface area contributed by atoms with E-state index in [-0.39, 0.29) is 25.5 Å². The number of carbonyl (C=O) groups is 1. The van der Waals surface area contributed by atoms with E-state index in [9.17, 15) is 18.0 Å². The number of hydrogen-bond donors (Lipinski definition) is 1. The van der Waals surface area contributed by atoms with Gasteiger partial charge in [-0.25, -0.2) is 4.98 Å². The first kappa shape index (κ1) is 18.7. The standard InChI is InChI=1S/C14H16F3N3O3/c15-14(16,17)10-22-9-5-12(21)20-13-11(4-3-7-19-13)23-8-2-1-6-18/h3-4,7H,1-2,5,8-10H2,(H,19,20,21). The number of amides is 1. The first-order chi connectivity index (χ1) is 10.9. The second-order valence-corrected chi connectivity index (χ2v) is 4.43. The van der Waals surface area contributed by atoms with Crippen molar-refractivity contribution < 1.29 is 27.4 Å². The summed E-state index contributed by atoms with van der Waals surface area (Å²) in [4.78, 5) is 15.6. The van der Waals surface area contributed by atoms with Crippen LogP contribution in [0.15, 0.2) is 18.3 Å². The molecule has 6 nitrogen and oxygen atoms in total. The molecular weight excluding hydrogens is 315 g/mol. The molecule has 0 fully saturated rings. The summed E-state index contributed by atoms with van der Waals surface area (Å²) in [7, 11) is 0. The van der Waals surface area contributed by atoms with Crippen LogP contribution in [-0.4, -0.2) is 36.9 Å². The minimum Gasteiger partial charge on any atom is -0.490 e. The molecule has 0 radical (unpaired) electrons. The van der Waals surface area contributed by atoms with Gasteiger partial charge >= 0.3 is 6.18 Å². The molecule has 0 aromatic carbocycles. The number of hydrogen-bond acceptors (Lipinski definition) is 5. The summed E-state index contributed by atoms with van der Waals surface area (Å²) in [6.07, 6.45) is -2.33. The predicted molar refractivity (Wildman–Crippen MR) is 74.7 cm³/mol. The molecule has 1 aromatic rings. The summed E-state index contributed by atoms with van der Waals surface area (Å²) in [5.74, 6) is -0.0342. The molecule has 0 atom stereocenters. The lowest BCUT2D eigenvalue weighted by atomic mass is 10.3. The highest BCUT2D eigenvalue weighted by Crippen LogP contribution is 2.21. The van der Waals surface area contributed by atoms with Crippen molar-refractivity contribution in [3.63, 3.8) is 0 Å². The van der Waals surface area contributed by atoms with Gasteiger partial charge in [-0.15, -0.1) is 0 Å². The average Bonchev–Trinajstić information content (AvgIpc) is 2.49. The molecule has 9 heteroatoms. The number of nitrogens with one attached hydrogen (secondary N) is 1. The van der Waals surface area contributed by atoms with Gasteiger partial charge in [0, 0.05) is 12.6 Å². The van der Waals surface area contributed by atoms with Gasteiger partial charge in [-0.05, 0) is 18.6 Å². The molecule has 0 unspecified atom stereocenters. The van der Waals surface area contributed by atoms with Crippen molar-refractivity contribution in [1.82, 2.24) is 4.98 Å². The summed E-state index contributed by atoms with van der Waals surface area (Å²) < 4.78 is 45.4. The Hall–Kier alpha value is -2.34. The van der Waals surface area contributed by atoms with Crippen LogP contribution >= 0.6 is 0 Å². The number of nitriles is 1. The Bertz CT molecular complexity index is 544. The maximum atomic E-state index is 11.9. The fourth-order valence-electron chi connectivity index (χ4n) is 1.48. The fraction of sp³-hybridized carbons (Fsp3) is 0.500. The number of unbranched alkanes of at least 4 members (excludes halogenated alkanes) is 1. The second kappa shape index (κ2) is 9.63. The molecule has 1 amide bonds. The zero-order chi connectivity index (χ0) is 17.1. The van der Waals surface area contributed by atoms with E-state index < -0.39 is 18.7 Å². The molecular formula is C14H16F3N3O3. The van der Waals surface area contributed by atoms with Crippen molar-refractivity contribution in [3.05, 3.63) is 18.3 Å². The number of anilines is 1. The number of alkyl halides is 3. The van der Waals surface area contributed by atoms with Crippen molar-refractivity contribution in [2.75, 3.05) is 25.1 Å². The first-order valence-corrected chi connectivity index (χ1v) is 6.81. The van der Waals surface area contributed by atoms with E-state index in [4.69, 9.17) is 10.00 Å². The van der Waals surface area contributed by atoms with Crippen LogP contribution in [0.2, 0.25) is 0 Å². The molecule has 1 N–H and O–H groups in total. The summed E-state index contributed by atoms with van der Waals surface area (Å²) in [6.45, 7) is -1.45. The lowest BCUT2D eigenvalue weighted by Gasteiger charge is -2.11. The average molecular weight is 331 g/mol. The van der Waals surface area contributed by atoms with E-state index in [1.165, 1.54) is 6.20 Å². The Morgan fingerprint density at radius 2 is 2.17 bits per heavy atom. The van der Waals surface area contributed by atoms with E-state index >= 15 is 0 Å². The van der Waals surface area contributed by atoms with Gasteiger partial charge in [0.05, 0.1) is 25.7 Å². The van der Waals surface area contributed by atoms with Gasteiger partial charge in [-0.1, -0.05) is 0 Å². The molecule has 0 bridgehead atoms. The van der Waals surface area contributed by atoms with E-state index in [1.807, 2.05) is 6.07 Å². The summed E-state index contributed by atoms with van der Waals surface area (Å²) >= 11 is 0. The quantitative estimate of drug-likeness (QED) is 0.703. The number of ether oxygens (including phenoxy) is 2. The van der Waals surface area contributed by atoms with Gasteiger partial charge < -0.3 is 14.8 Å². The van der Waals surface area contributed by atoms with Crippen molar-refractivity contribution in [3.8, 4) is 11.8 Å². The highest BCUT2D eigenvalue weighted by molar-refractivity contribution is 5.91. The van der Waals surface area contributed by atoms with E-state index in [0.29, 0.717) is 18.6 Å². The van der Waals surface area contributed by atoms with Crippen LogP contribution < -0.4 is 10.1 Å². The molecule has 1 heterocycles. The molecule has 0 aliphatic heterocycles. The van der Waals surface area contributed by atoms with Gasteiger partial charge in [-0.2, -0.15) is 18.4 Å². The predicted octanol–water partition coefficient (Wildman–Crippen LogP) is 2.67. The zero-order valence-electron chi connectivity index (χ0n) is 12.2. The van der Waals surface area contributed by atoms with Gasteiger partial charge in [-0.3, -0.25) is 4.79 Å². The Morgan fingerprint density at radius 1 is 1.39 bits per heavy atom. The maximum absolute atomic E-state index is 11.9. The SMILES string of the molecule is N#CCCCOc1cccnc1NC(=O)CCOCC(F)(F)F. The number of halogens is 3. The third kappa shape index (κ3) is 8.63. The molecule has 1 rings (SSSR count). The number of pyridine rings is 1. The summed E-state index contributed by atoms with van der Waals surface area (Å²) in [5.41, 5.74) is 0. The fourth-order valence-corrected chi connectivity index (χ4v) is 1.48. The van der Waals surface area contributed by atoms with Crippen molar-refractivity contribution in [1.29, 1.82) is 5.26 Å². The van der Waals surface area contributed by atoms with E-state index in [0.717, 1.165) is 0 Å². The van der Waals surface area contributed by atoms with Crippen LogP contribution in [0.3, 0.4) is 0 Å². The molecule has 1 aromatic heterocycles. The molecule has 0 saturated heterocycles. The van der Waals surface area contributed by atoms with Crippen LogP contribution in [-0.2, 0) is 9.53 Å². The smallest absolute Gasteiger partial charge is 0.411 e. The highest BCUT2D eigenvalue weighted by Gasteiger charge is 2.27. The maximum Gasteiger partial charge on any atom is 0.411 e. The molecule has 0 aliphatic carbocycles. The molecule has 0 spiro atoms. The normalized spacial score (nSPS) is 10.9. The van der Waals surface area contributed by atoms with Crippen LogP contribution in [0, 0.1) is 11.3 Å². The number of nitrogens with zero attached hydrogens (tertiary/aromatic N) is 2. The Kier molecular flexibility index (Phi) is 7.83. The van der Waals surface area contributed by atoms with E-state index in [1.54, 1.807) is 12.1 Å². The largest absolute Gasteiger partial charge is 0.490 e. The Morgan fingerprint density at radius 3 is 2.87 bits per heavy atom. The van der Waals surface area contributed by atoms with Crippen LogP contribution in [0.1, 0.15) is 19.3 Å². The molecule has 23 heavy (non-hydrogen) atoms. The number of carbonyl (C=O) groups excluding carboxylic acids is 1. The third-order valence-electron chi connectivity index (χ3n) is 2.46. The minimum atomic E-state index is -4.41. The lowest BCUT2D eigenvalue weighted by Crippen LogP contribution is -2.20. The monoisotopic (exact) mass is 331 g/mol. The first-order valence-electron chi connectivity index (χ1n) is 6.81. The van der Waals surface area contributed by atoms with Gasteiger partial charge in [0.15, 0.2) is 11.6 Å². The molecule has 0 aliphatic rings. The lowest BCUT2D eigenvalue weighted by molar-refractivity contribution is -0.174.